The molecule has 1 amide bonds. The van der Waals surface area contributed by atoms with Gasteiger partial charge in [0.2, 0.25) is 11.9 Å². The van der Waals surface area contributed by atoms with Crippen molar-refractivity contribution in [1.29, 1.82) is 5.26 Å². The molecular formula is C28H30N8O. The molecule has 1 aliphatic heterocycles. The molecule has 0 bridgehead atoms. The van der Waals surface area contributed by atoms with Crippen molar-refractivity contribution in [2.24, 2.45) is 0 Å². The minimum Gasteiger partial charge on any atom is -0.368 e. The van der Waals surface area contributed by atoms with Crippen LogP contribution in [-0.4, -0.2) is 56.7 Å². The molecule has 1 unspecified atom stereocenters. The van der Waals surface area contributed by atoms with E-state index >= 15 is 0 Å². The number of piperazine rings is 1. The van der Waals surface area contributed by atoms with Gasteiger partial charge in [-0.2, -0.15) is 10.4 Å². The summed E-state index contributed by atoms with van der Waals surface area (Å²) in [6, 6.07) is 18.5. The summed E-state index contributed by atoms with van der Waals surface area (Å²) in [5.74, 6) is 0.642. The highest BCUT2D eigenvalue weighted by molar-refractivity contribution is 5.92. The van der Waals surface area contributed by atoms with E-state index in [1.807, 2.05) is 58.4 Å². The van der Waals surface area contributed by atoms with Crippen molar-refractivity contribution in [1.82, 2.24) is 24.6 Å². The van der Waals surface area contributed by atoms with Crippen LogP contribution in [0, 0.1) is 11.3 Å². The first kappa shape index (κ1) is 24.3. The van der Waals surface area contributed by atoms with Gasteiger partial charge < -0.3 is 15.1 Å². The zero-order valence-corrected chi connectivity index (χ0v) is 21.1. The second kappa shape index (κ2) is 10.7. The molecule has 2 aromatic carbocycles. The first-order valence-electron chi connectivity index (χ1n) is 12.6. The molecule has 5 rings (SSSR count). The molecule has 9 nitrogen and oxygen atoms in total. The third-order valence-corrected chi connectivity index (χ3v) is 6.81. The van der Waals surface area contributed by atoms with Crippen molar-refractivity contribution in [2.75, 3.05) is 36.4 Å². The van der Waals surface area contributed by atoms with Gasteiger partial charge in [-0.05, 0) is 37.6 Å². The lowest BCUT2D eigenvalue weighted by Crippen LogP contribution is -2.48. The summed E-state index contributed by atoms with van der Waals surface area (Å²) in [7, 11) is 0. The Hall–Kier alpha value is -4.45. The standard InChI is InChI=1S/C28H30N8O/c1-20(6-5-12-29)36-13-11-26(33-36)25-10-3-7-22-19-30-28(32-27(22)25)31-23-8-4-9-24(18-23)35-16-14-34(15-17-35)21(2)37/h3-4,7-11,13,18-20H,5-6,14-17H2,1-2H3,(H,30,31,32). The van der Waals surface area contributed by atoms with Gasteiger partial charge in [0.25, 0.3) is 0 Å². The van der Waals surface area contributed by atoms with Crippen LogP contribution >= 0.6 is 0 Å². The van der Waals surface area contributed by atoms with E-state index in [9.17, 15) is 4.79 Å². The number of carbonyl (C=O) groups excluding carboxylic acids is 1. The van der Waals surface area contributed by atoms with Crippen molar-refractivity contribution in [2.45, 2.75) is 32.7 Å². The van der Waals surface area contributed by atoms with E-state index in [2.05, 4.69) is 40.3 Å². The zero-order valence-electron chi connectivity index (χ0n) is 21.1. The van der Waals surface area contributed by atoms with Gasteiger partial charge in [0.1, 0.15) is 0 Å². The molecule has 2 aromatic heterocycles. The Morgan fingerprint density at radius 1 is 1.14 bits per heavy atom. The smallest absolute Gasteiger partial charge is 0.227 e. The predicted octanol–water partition coefficient (Wildman–Crippen LogP) is 4.77. The van der Waals surface area contributed by atoms with Crippen LogP contribution in [0.1, 0.15) is 32.7 Å². The maximum absolute atomic E-state index is 11.6. The van der Waals surface area contributed by atoms with E-state index in [0.29, 0.717) is 12.4 Å². The first-order valence-corrected chi connectivity index (χ1v) is 12.6. The summed E-state index contributed by atoms with van der Waals surface area (Å²) in [6.45, 7) is 6.77. The van der Waals surface area contributed by atoms with Crippen LogP contribution in [-0.2, 0) is 4.79 Å². The number of rotatable bonds is 7. The highest BCUT2D eigenvalue weighted by atomic mass is 16.2. The monoisotopic (exact) mass is 494 g/mol. The summed E-state index contributed by atoms with van der Waals surface area (Å²) < 4.78 is 1.91. The highest BCUT2D eigenvalue weighted by Gasteiger charge is 2.19. The van der Waals surface area contributed by atoms with Crippen LogP contribution in [0.25, 0.3) is 22.2 Å². The van der Waals surface area contributed by atoms with E-state index in [0.717, 1.165) is 66.1 Å². The van der Waals surface area contributed by atoms with E-state index in [-0.39, 0.29) is 11.9 Å². The van der Waals surface area contributed by atoms with Gasteiger partial charge in [0, 0.05) is 74.2 Å². The number of hydrogen-bond donors (Lipinski definition) is 1. The van der Waals surface area contributed by atoms with Gasteiger partial charge in [0.05, 0.1) is 23.3 Å². The summed E-state index contributed by atoms with van der Waals surface area (Å²) in [6.07, 6.45) is 5.04. The fourth-order valence-electron chi connectivity index (χ4n) is 4.64. The van der Waals surface area contributed by atoms with Gasteiger partial charge in [-0.25, -0.2) is 9.97 Å². The molecule has 1 atom stereocenters. The highest BCUT2D eigenvalue weighted by Crippen LogP contribution is 2.29. The summed E-state index contributed by atoms with van der Waals surface area (Å²) >= 11 is 0. The number of aromatic nitrogens is 4. The minimum atomic E-state index is 0.128. The molecule has 1 N–H and O–H groups in total. The van der Waals surface area contributed by atoms with Crippen LogP contribution in [0.4, 0.5) is 17.3 Å². The number of para-hydroxylation sites is 1. The van der Waals surface area contributed by atoms with Crippen LogP contribution in [0.2, 0.25) is 0 Å². The van der Waals surface area contributed by atoms with Crippen LogP contribution in [0.15, 0.2) is 60.9 Å². The van der Waals surface area contributed by atoms with Crippen molar-refractivity contribution in [3.63, 3.8) is 0 Å². The summed E-state index contributed by atoms with van der Waals surface area (Å²) in [4.78, 5) is 25.2. The Kier molecular flexibility index (Phi) is 6.99. The molecule has 188 valence electrons. The lowest BCUT2D eigenvalue weighted by molar-refractivity contribution is -0.129. The summed E-state index contributed by atoms with van der Waals surface area (Å²) in [5.41, 5.74) is 4.60. The quantitative estimate of drug-likeness (QED) is 0.395. The van der Waals surface area contributed by atoms with E-state index in [4.69, 9.17) is 15.3 Å². The summed E-state index contributed by atoms with van der Waals surface area (Å²) in [5, 5.41) is 18.0. The molecule has 37 heavy (non-hydrogen) atoms. The Balaban J connectivity index is 1.37. The van der Waals surface area contributed by atoms with Gasteiger partial charge in [-0.15, -0.1) is 0 Å². The minimum absolute atomic E-state index is 0.128. The number of fused-ring (bicyclic) bond motifs is 1. The Bertz CT molecular complexity index is 1450. The van der Waals surface area contributed by atoms with Gasteiger partial charge in [0.15, 0.2) is 0 Å². The number of benzene rings is 2. The van der Waals surface area contributed by atoms with Gasteiger partial charge >= 0.3 is 0 Å². The van der Waals surface area contributed by atoms with Crippen molar-refractivity contribution in [3.05, 3.63) is 60.9 Å². The molecule has 3 heterocycles. The second-order valence-electron chi connectivity index (χ2n) is 9.33. The van der Waals surface area contributed by atoms with E-state index < -0.39 is 0 Å². The fourth-order valence-corrected chi connectivity index (χ4v) is 4.64. The maximum atomic E-state index is 11.6. The van der Waals surface area contributed by atoms with Gasteiger partial charge in [-0.1, -0.05) is 24.3 Å². The van der Waals surface area contributed by atoms with Crippen LogP contribution in [0.5, 0.6) is 0 Å². The SMILES string of the molecule is CC(=O)N1CCN(c2cccc(Nc3ncc4cccc(-c5ccn(C(C)CCC#N)n5)c4n3)c2)CC1. The third-order valence-electron chi connectivity index (χ3n) is 6.81. The molecule has 0 radical (unpaired) electrons. The lowest BCUT2D eigenvalue weighted by Gasteiger charge is -2.35. The number of anilines is 3. The molecule has 1 aliphatic rings. The normalized spacial score (nSPS) is 14.4. The molecular weight excluding hydrogens is 464 g/mol. The largest absolute Gasteiger partial charge is 0.368 e. The third kappa shape index (κ3) is 5.38. The van der Waals surface area contributed by atoms with Crippen molar-refractivity contribution >= 4 is 34.1 Å². The number of hydrogen-bond acceptors (Lipinski definition) is 7. The number of nitriles is 1. The number of nitrogens with zero attached hydrogens (tertiary/aromatic N) is 7. The van der Waals surface area contributed by atoms with E-state index in [1.165, 1.54) is 0 Å². The average Bonchev–Trinajstić information content (AvgIpc) is 3.42. The first-order chi connectivity index (χ1) is 18.0. The topological polar surface area (TPSA) is 103 Å². The van der Waals surface area contributed by atoms with E-state index in [1.54, 1.807) is 6.92 Å². The molecule has 0 aliphatic carbocycles. The van der Waals surface area contributed by atoms with Crippen molar-refractivity contribution in [3.8, 4) is 17.3 Å². The average molecular weight is 495 g/mol. The molecule has 4 aromatic rings. The Morgan fingerprint density at radius 3 is 2.73 bits per heavy atom. The molecule has 1 fully saturated rings. The molecule has 0 saturated carbocycles. The second-order valence-corrected chi connectivity index (χ2v) is 9.33. The fraction of sp³-hybridized carbons (Fsp3) is 0.321. The number of nitrogens with one attached hydrogen (secondary N) is 1. The maximum Gasteiger partial charge on any atom is 0.227 e. The Labute approximate surface area is 216 Å². The Morgan fingerprint density at radius 2 is 1.95 bits per heavy atom. The predicted molar refractivity (Wildman–Crippen MR) is 145 cm³/mol. The molecule has 9 heteroatoms. The lowest BCUT2D eigenvalue weighted by atomic mass is 10.1. The van der Waals surface area contributed by atoms with Crippen LogP contribution in [0.3, 0.4) is 0 Å². The molecule has 1 saturated heterocycles. The number of amides is 1. The van der Waals surface area contributed by atoms with Gasteiger partial charge in [-0.3, -0.25) is 9.48 Å². The zero-order chi connectivity index (χ0) is 25.8. The van der Waals surface area contributed by atoms with Crippen LogP contribution < -0.4 is 10.2 Å². The molecule has 0 spiro atoms. The van der Waals surface area contributed by atoms with Crippen molar-refractivity contribution < 1.29 is 4.79 Å². The number of carbonyl (C=O) groups is 1.